The number of hydrogen-bond acceptors (Lipinski definition) is 3. The highest BCUT2D eigenvalue weighted by molar-refractivity contribution is 5.87. The van der Waals surface area contributed by atoms with Crippen LogP contribution in [0.3, 0.4) is 0 Å². The first-order valence-corrected chi connectivity index (χ1v) is 6.76. The van der Waals surface area contributed by atoms with Gasteiger partial charge in [-0.1, -0.05) is 6.07 Å². The van der Waals surface area contributed by atoms with Gasteiger partial charge in [-0.25, -0.2) is 4.79 Å². The van der Waals surface area contributed by atoms with Gasteiger partial charge in [0.15, 0.2) is 4.98 Å². The smallest absolute Gasteiger partial charge is 0.411 e. The monoisotopic (exact) mass is 280 g/mol. The molecule has 0 saturated carbocycles. The summed E-state index contributed by atoms with van der Waals surface area (Å²) >= 11 is 0. The van der Waals surface area contributed by atoms with E-state index < -0.39 is 6.09 Å². The van der Waals surface area contributed by atoms with E-state index in [1.165, 1.54) is 0 Å². The standard InChI is InChI=1S/C16H13N3O2/c1-2-21-16(20)18-12-3-5-14-10(8-12)7-11-9-13(19-17)4-6-15(11)14/h3-6,8-9H,2,7H2,1H3/p+1. The third kappa shape index (κ3) is 2.43. The van der Waals surface area contributed by atoms with Gasteiger partial charge in [-0.3, -0.25) is 5.32 Å². The summed E-state index contributed by atoms with van der Waals surface area (Å²) < 4.78 is 4.87. The molecule has 2 aromatic rings. The van der Waals surface area contributed by atoms with E-state index in [1.54, 1.807) is 13.0 Å². The van der Waals surface area contributed by atoms with Crippen LogP contribution >= 0.6 is 0 Å². The Morgan fingerprint density at radius 2 is 1.95 bits per heavy atom. The minimum absolute atomic E-state index is 0.343. The number of amides is 1. The van der Waals surface area contributed by atoms with Crippen LogP contribution in [0.1, 0.15) is 18.1 Å². The molecule has 0 unspecified atom stereocenters. The first-order valence-electron chi connectivity index (χ1n) is 6.76. The van der Waals surface area contributed by atoms with Crippen LogP contribution in [0.2, 0.25) is 0 Å². The molecule has 0 atom stereocenters. The van der Waals surface area contributed by atoms with Gasteiger partial charge in [0.2, 0.25) is 5.39 Å². The molecule has 0 radical (unpaired) electrons. The highest BCUT2D eigenvalue weighted by atomic mass is 16.5. The minimum Gasteiger partial charge on any atom is -0.450 e. The second-order valence-electron chi connectivity index (χ2n) is 4.84. The van der Waals surface area contributed by atoms with E-state index in [2.05, 4.69) is 10.3 Å². The molecule has 2 aromatic carbocycles. The number of anilines is 1. The molecule has 1 aliphatic carbocycles. The summed E-state index contributed by atoms with van der Waals surface area (Å²) in [4.78, 5) is 14.7. The molecule has 0 aromatic heterocycles. The fraction of sp³-hybridized carbons (Fsp3) is 0.188. The summed E-state index contributed by atoms with van der Waals surface area (Å²) in [5, 5.41) is 11.5. The second-order valence-corrected chi connectivity index (χ2v) is 4.84. The molecule has 0 aliphatic heterocycles. The Morgan fingerprint density at radius 1 is 1.24 bits per heavy atom. The van der Waals surface area contributed by atoms with Crippen LogP contribution in [0.5, 0.6) is 0 Å². The van der Waals surface area contributed by atoms with Crippen LogP contribution < -0.4 is 5.32 Å². The van der Waals surface area contributed by atoms with Crippen molar-refractivity contribution in [3.8, 4) is 11.1 Å². The maximum atomic E-state index is 11.4. The molecule has 104 valence electrons. The maximum absolute atomic E-state index is 11.4. The Kier molecular flexibility index (Phi) is 3.28. The topological polar surface area (TPSA) is 66.5 Å². The van der Waals surface area contributed by atoms with Crippen molar-refractivity contribution in [2.24, 2.45) is 0 Å². The summed E-state index contributed by atoms with van der Waals surface area (Å²) in [7, 11) is 0. The zero-order chi connectivity index (χ0) is 14.8. The summed E-state index contributed by atoms with van der Waals surface area (Å²) in [6, 6.07) is 11.4. The van der Waals surface area contributed by atoms with Crippen molar-refractivity contribution in [3.63, 3.8) is 0 Å². The van der Waals surface area contributed by atoms with Crippen molar-refractivity contribution < 1.29 is 9.53 Å². The zero-order valence-electron chi connectivity index (χ0n) is 11.6. The molecule has 0 heterocycles. The Labute approximate surface area is 122 Å². The van der Waals surface area contributed by atoms with E-state index >= 15 is 0 Å². The molecule has 1 N–H and O–H groups in total. The molecule has 0 spiro atoms. The number of diazo groups is 1. The molecule has 5 heteroatoms. The molecule has 0 bridgehead atoms. The van der Waals surface area contributed by atoms with Crippen molar-refractivity contribution in [1.29, 1.82) is 5.39 Å². The van der Waals surface area contributed by atoms with E-state index in [0.29, 0.717) is 18.0 Å². The van der Waals surface area contributed by atoms with Gasteiger partial charge < -0.3 is 4.74 Å². The molecule has 1 aliphatic rings. The number of nitrogens with one attached hydrogen (secondary N) is 1. The molecule has 5 nitrogen and oxygen atoms in total. The summed E-state index contributed by atoms with van der Waals surface area (Å²) in [5.74, 6) is 0. The Morgan fingerprint density at radius 3 is 2.67 bits per heavy atom. The van der Waals surface area contributed by atoms with Crippen LogP contribution in [0.4, 0.5) is 16.2 Å². The van der Waals surface area contributed by atoms with E-state index in [0.717, 1.165) is 28.7 Å². The fourth-order valence-corrected chi connectivity index (χ4v) is 2.62. The van der Waals surface area contributed by atoms with E-state index in [9.17, 15) is 4.79 Å². The Balaban J connectivity index is 1.89. The predicted octanol–water partition coefficient (Wildman–Crippen LogP) is 4.31. The number of carbonyl (C=O) groups excluding carboxylic acids is 1. The van der Waals surface area contributed by atoms with Gasteiger partial charge in [0, 0.05) is 17.8 Å². The fourth-order valence-electron chi connectivity index (χ4n) is 2.62. The largest absolute Gasteiger partial charge is 0.450 e. The van der Waals surface area contributed by atoms with Crippen LogP contribution in [0.25, 0.3) is 16.1 Å². The number of fused-ring (bicyclic) bond motifs is 3. The summed E-state index contributed by atoms with van der Waals surface area (Å²) in [6.07, 6.45) is 0.307. The van der Waals surface area contributed by atoms with Crippen molar-refractivity contribution in [2.45, 2.75) is 13.3 Å². The van der Waals surface area contributed by atoms with Gasteiger partial charge in [0.1, 0.15) is 0 Å². The van der Waals surface area contributed by atoms with Gasteiger partial charge in [0.05, 0.1) is 6.61 Å². The molecular weight excluding hydrogens is 266 g/mol. The van der Waals surface area contributed by atoms with Gasteiger partial charge in [-0.2, -0.15) is 0 Å². The van der Waals surface area contributed by atoms with E-state index in [4.69, 9.17) is 10.1 Å². The number of hydrogen-bond donors (Lipinski definition) is 1. The van der Waals surface area contributed by atoms with Crippen molar-refractivity contribution in [2.75, 3.05) is 11.9 Å². The maximum Gasteiger partial charge on any atom is 0.411 e. The lowest BCUT2D eigenvalue weighted by Gasteiger charge is -2.07. The highest BCUT2D eigenvalue weighted by Crippen LogP contribution is 2.39. The molecular formula is C16H14N3O2+. The first-order chi connectivity index (χ1) is 10.2. The molecule has 0 saturated heterocycles. The van der Waals surface area contributed by atoms with Crippen LogP contribution in [0.15, 0.2) is 36.4 Å². The zero-order valence-corrected chi connectivity index (χ0v) is 11.6. The number of ether oxygens (including phenoxy) is 1. The van der Waals surface area contributed by atoms with Gasteiger partial charge >= 0.3 is 11.8 Å². The van der Waals surface area contributed by atoms with Crippen molar-refractivity contribution in [3.05, 3.63) is 52.5 Å². The van der Waals surface area contributed by atoms with Gasteiger partial charge in [-0.05, 0) is 53.8 Å². The summed E-state index contributed by atoms with van der Waals surface area (Å²) in [6.45, 7) is 2.11. The van der Waals surface area contributed by atoms with Crippen molar-refractivity contribution >= 4 is 17.5 Å². The number of benzene rings is 2. The SMILES string of the molecule is CCOC(=O)Nc1ccc2c(c1)Cc1cc([N+]#N)ccc1-2. The molecule has 0 fully saturated rings. The third-order valence-corrected chi connectivity index (χ3v) is 3.50. The average molecular weight is 280 g/mol. The number of nitrogens with zero attached hydrogens (tertiary/aromatic N) is 2. The molecule has 3 rings (SSSR count). The molecule has 21 heavy (non-hydrogen) atoms. The van der Waals surface area contributed by atoms with E-state index in [-0.39, 0.29) is 0 Å². The van der Waals surface area contributed by atoms with Crippen molar-refractivity contribution in [1.82, 2.24) is 0 Å². The first kappa shape index (κ1) is 13.1. The van der Waals surface area contributed by atoms with Gasteiger partial charge in [-0.15, -0.1) is 0 Å². The van der Waals surface area contributed by atoms with Crippen LogP contribution in [-0.4, -0.2) is 12.7 Å². The Bertz CT molecular complexity index is 763. The second kappa shape index (κ2) is 5.25. The van der Waals surface area contributed by atoms with E-state index in [1.807, 2.05) is 30.3 Å². The third-order valence-electron chi connectivity index (χ3n) is 3.50. The number of carbonyl (C=O) groups is 1. The lowest BCUT2D eigenvalue weighted by atomic mass is 10.1. The lowest BCUT2D eigenvalue weighted by molar-refractivity contribution is 0.168. The lowest BCUT2D eigenvalue weighted by Crippen LogP contribution is -2.13. The minimum atomic E-state index is -0.450. The average Bonchev–Trinajstić information content (AvgIpc) is 2.83. The number of rotatable bonds is 2. The summed E-state index contributed by atoms with van der Waals surface area (Å²) in [5.41, 5.74) is 5.80. The van der Waals surface area contributed by atoms with Crippen LogP contribution in [0, 0.1) is 5.39 Å². The molecule has 1 amide bonds. The quantitative estimate of drug-likeness (QED) is 0.711. The predicted molar refractivity (Wildman–Crippen MR) is 80.1 cm³/mol. The van der Waals surface area contributed by atoms with Gasteiger partial charge in [0.25, 0.3) is 0 Å². The normalized spacial score (nSPS) is 11.2. The van der Waals surface area contributed by atoms with Crippen LogP contribution in [-0.2, 0) is 11.2 Å². The Hall–Kier alpha value is -2.87. The highest BCUT2D eigenvalue weighted by Gasteiger charge is 2.21.